The number of hydrogen-bond donors (Lipinski definition) is 0. The number of carbonyl (C=O) groups excluding carboxylic acids is 1. The predicted molar refractivity (Wildman–Crippen MR) is 53.0 cm³/mol. The lowest BCUT2D eigenvalue weighted by molar-refractivity contribution is 0.0597. The molecule has 0 aliphatic heterocycles. The average molecular weight is 280 g/mol. The number of halogens is 3. The minimum atomic E-state index is -2.66. The first kappa shape index (κ1) is 12.0. The first-order valence-corrected chi connectivity index (χ1v) is 4.79. The number of pyridine rings is 1. The molecule has 0 unspecified atom stereocenters. The van der Waals surface area contributed by atoms with E-state index in [0.29, 0.717) is 0 Å². The van der Waals surface area contributed by atoms with Crippen molar-refractivity contribution >= 4 is 21.9 Å². The van der Waals surface area contributed by atoms with Crippen LogP contribution in [0.15, 0.2) is 10.8 Å². The number of carbonyl (C=O) groups is 1. The quantitative estimate of drug-likeness (QED) is 0.617. The predicted octanol–water partition coefficient (Wildman–Crippen LogP) is 2.88. The number of methoxy groups -OCH3 is 1. The van der Waals surface area contributed by atoms with Crippen molar-refractivity contribution in [3.05, 3.63) is 27.5 Å². The standard InChI is InChI=1S/C9H8BrF2NO2/c1-4-5(8(11)12)3-13-7(10)6(4)9(14)15-2/h3,8H,1-2H3. The Bertz CT molecular complexity index is 396. The molecule has 1 aromatic rings. The molecule has 1 aromatic heterocycles. The summed E-state index contributed by atoms with van der Waals surface area (Å²) in [6, 6.07) is 0. The molecule has 0 fully saturated rings. The van der Waals surface area contributed by atoms with Crippen molar-refractivity contribution in [2.24, 2.45) is 0 Å². The highest BCUT2D eigenvalue weighted by atomic mass is 79.9. The first-order chi connectivity index (χ1) is 6.99. The Kier molecular flexibility index (Phi) is 3.73. The number of alkyl halides is 2. The van der Waals surface area contributed by atoms with E-state index in [0.717, 1.165) is 6.20 Å². The molecule has 0 aliphatic rings. The number of ether oxygens (including phenoxy) is 1. The summed E-state index contributed by atoms with van der Waals surface area (Å²) in [5, 5.41) is 0. The third-order valence-corrected chi connectivity index (χ3v) is 2.56. The summed E-state index contributed by atoms with van der Waals surface area (Å²) in [4.78, 5) is 15.0. The Morgan fingerprint density at radius 2 is 2.20 bits per heavy atom. The van der Waals surface area contributed by atoms with Crippen LogP contribution in [-0.2, 0) is 4.74 Å². The van der Waals surface area contributed by atoms with E-state index in [1.807, 2.05) is 0 Å². The zero-order valence-corrected chi connectivity index (χ0v) is 9.64. The SMILES string of the molecule is COC(=O)c1c(Br)ncc(C(F)F)c1C. The molecule has 0 aliphatic carbocycles. The Balaban J connectivity index is 3.36. The molecule has 82 valence electrons. The van der Waals surface area contributed by atoms with Gasteiger partial charge in [0.1, 0.15) is 4.60 Å². The molecule has 0 aromatic carbocycles. The maximum atomic E-state index is 12.5. The molecule has 0 saturated carbocycles. The third kappa shape index (κ3) is 2.31. The van der Waals surface area contributed by atoms with Crippen LogP contribution in [0.25, 0.3) is 0 Å². The smallest absolute Gasteiger partial charge is 0.340 e. The maximum absolute atomic E-state index is 12.5. The van der Waals surface area contributed by atoms with Crippen LogP contribution in [0.1, 0.15) is 27.9 Å². The highest BCUT2D eigenvalue weighted by Gasteiger charge is 2.21. The first-order valence-electron chi connectivity index (χ1n) is 4.00. The molecule has 0 radical (unpaired) electrons. The van der Waals surface area contributed by atoms with E-state index in [4.69, 9.17) is 0 Å². The lowest BCUT2D eigenvalue weighted by Gasteiger charge is -2.09. The van der Waals surface area contributed by atoms with Crippen molar-refractivity contribution in [3.8, 4) is 0 Å². The van der Waals surface area contributed by atoms with Crippen LogP contribution in [0.2, 0.25) is 0 Å². The van der Waals surface area contributed by atoms with Crippen LogP contribution >= 0.6 is 15.9 Å². The summed E-state index contributed by atoms with van der Waals surface area (Å²) in [6.07, 6.45) is -1.62. The van der Waals surface area contributed by atoms with E-state index in [2.05, 4.69) is 25.7 Å². The Morgan fingerprint density at radius 1 is 1.60 bits per heavy atom. The molecular weight excluding hydrogens is 272 g/mol. The van der Waals surface area contributed by atoms with Gasteiger partial charge in [0.15, 0.2) is 0 Å². The fraction of sp³-hybridized carbons (Fsp3) is 0.333. The van der Waals surface area contributed by atoms with Gasteiger partial charge in [-0.2, -0.15) is 0 Å². The molecule has 15 heavy (non-hydrogen) atoms. The Labute approximate surface area is 93.6 Å². The summed E-state index contributed by atoms with van der Waals surface area (Å²) in [5.74, 6) is -0.686. The molecule has 0 saturated heterocycles. The van der Waals surface area contributed by atoms with Gasteiger partial charge in [0.2, 0.25) is 0 Å². The highest BCUT2D eigenvalue weighted by Crippen LogP contribution is 2.28. The summed E-state index contributed by atoms with van der Waals surface area (Å²) in [5.41, 5.74) is -0.0485. The fourth-order valence-electron chi connectivity index (χ4n) is 1.15. The van der Waals surface area contributed by atoms with Crippen molar-refractivity contribution in [2.75, 3.05) is 7.11 Å². The summed E-state index contributed by atoms with van der Waals surface area (Å²) in [6.45, 7) is 1.43. The third-order valence-electron chi connectivity index (χ3n) is 1.96. The number of hydrogen-bond acceptors (Lipinski definition) is 3. The number of aromatic nitrogens is 1. The molecule has 1 rings (SSSR count). The van der Waals surface area contributed by atoms with E-state index in [1.54, 1.807) is 0 Å². The molecule has 3 nitrogen and oxygen atoms in total. The van der Waals surface area contributed by atoms with Crippen LogP contribution < -0.4 is 0 Å². The Morgan fingerprint density at radius 3 is 2.67 bits per heavy atom. The molecule has 0 amide bonds. The fourth-order valence-corrected chi connectivity index (χ4v) is 1.71. The molecule has 1 heterocycles. The lowest BCUT2D eigenvalue weighted by Crippen LogP contribution is -2.08. The van der Waals surface area contributed by atoms with Crippen LogP contribution in [0.5, 0.6) is 0 Å². The monoisotopic (exact) mass is 279 g/mol. The van der Waals surface area contributed by atoms with Gasteiger partial charge in [-0.1, -0.05) is 0 Å². The van der Waals surface area contributed by atoms with Gasteiger partial charge in [-0.15, -0.1) is 0 Å². The van der Waals surface area contributed by atoms with E-state index in [9.17, 15) is 13.6 Å². The average Bonchev–Trinajstić information content (AvgIpc) is 2.16. The van der Waals surface area contributed by atoms with Crippen LogP contribution in [-0.4, -0.2) is 18.1 Å². The maximum Gasteiger partial charge on any atom is 0.340 e. The zero-order chi connectivity index (χ0) is 11.6. The zero-order valence-electron chi connectivity index (χ0n) is 8.05. The molecule has 6 heteroatoms. The summed E-state index contributed by atoms with van der Waals surface area (Å²) in [7, 11) is 1.18. The minimum Gasteiger partial charge on any atom is -0.465 e. The Hall–Kier alpha value is -1.04. The minimum absolute atomic E-state index is 0.0373. The van der Waals surface area contributed by atoms with Gasteiger partial charge in [-0.05, 0) is 28.4 Å². The van der Waals surface area contributed by atoms with Crippen LogP contribution in [0, 0.1) is 6.92 Å². The normalized spacial score (nSPS) is 10.5. The number of nitrogens with zero attached hydrogens (tertiary/aromatic N) is 1. The van der Waals surface area contributed by atoms with Gasteiger partial charge in [0.25, 0.3) is 6.43 Å². The van der Waals surface area contributed by atoms with Crippen molar-refractivity contribution < 1.29 is 18.3 Å². The van der Waals surface area contributed by atoms with Gasteiger partial charge in [0.05, 0.1) is 12.7 Å². The summed E-state index contributed by atoms with van der Waals surface area (Å²) < 4.78 is 29.7. The number of rotatable bonds is 2. The van der Waals surface area contributed by atoms with Crippen molar-refractivity contribution in [1.29, 1.82) is 0 Å². The highest BCUT2D eigenvalue weighted by molar-refractivity contribution is 9.10. The largest absolute Gasteiger partial charge is 0.465 e. The van der Waals surface area contributed by atoms with Crippen molar-refractivity contribution in [3.63, 3.8) is 0 Å². The molecule has 0 bridgehead atoms. The molecule has 0 atom stereocenters. The second kappa shape index (κ2) is 4.65. The van der Waals surface area contributed by atoms with E-state index in [1.165, 1.54) is 14.0 Å². The molecule has 0 spiro atoms. The lowest BCUT2D eigenvalue weighted by atomic mass is 10.1. The van der Waals surface area contributed by atoms with E-state index >= 15 is 0 Å². The van der Waals surface area contributed by atoms with E-state index < -0.39 is 12.4 Å². The van der Waals surface area contributed by atoms with Crippen LogP contribution in [0.3, 0.4) is 0 Å². The molecule has 0 N–H and O–H groups in total. The van der Waals surface area contributed by atoms with E-state index in [-0.39, 0.29) is 21.3 Å². The van der Waals surface area contributed by atoms with Crippen molar-refractivity contribution in [1.82, 2.24) is 4.98 Å². The van der Waals surface area contributed by atoms with Gasteiger partial charge >= 0.3 is 5.97 Å². The van der Waals surface area contributed by atoms with Gasteiger partial charge in [0, 0.05) is 11.8 Å². The summed E-state index contributed by atoms with van der Waals surface area (Å²) >= 11 is 3.01. The van der Waals surface area contributed by atoms with Gasteiger partial charge < -0.3 is 4.74 Å². The van der Waals surface area contributed by atoms with Crippen LogP contribution in [0.4, 0.5) is 8.78 Å². The van der Waals surface area contributed by atoms with Crippen molar-refractivity contribution in [2.45, 2.75) is 13.3 Å². The molecular formula is C9H8BrF2NO2. The topological polar surface area (TPSA) is 39.2 Å². The van der Waals surface area contributed by atoms with Gasteiger partial charge in [-0.3, -0.25) is 0 Å². The second-order valence-corrected chi connectivity index (χ2v) is 3.55. The second-order valence-electron chi connectivity index (χ2n) is 2.80. The number of esters is 1. The van der Waals surface area contributed by atoms with Gasteiger partial charge in [-0.25, -0.2) is 18.6 Å².